The van der Waals surface area contributed by atoms with Gasteiger partial charge in [0, 0.05) is 34.2 Å². The van der Waals surface area contributed by atoms with Crippen molar-refractivity contribution in [3.63, 3.8) is 0 Å². The van der Waals surface area contributed by atoms with Crippen molar-refractivity contribution in [3.05, 3.63) is 23.7 Å². The molecule has 0 fully saturated rings. The summed E-state index contributed by atoms with van der Waals surface area (Å²) in [6.07, 6.45) is 6.95. The summed E-state index contributed by atoms with van der Waals surface area (Å²) in [7, 11) is -2.55. The molecule has 0 rings (SSSR count). The number of alkyl halides is 4. The van der Waals surface area contributed by atoms with Crippen LogP contribution in [0.2, 0.25) is 0 Å². The minimum Gasteiger partial charge on any atom is -0.423 e. The summed E-state index contributed by atoms with van der Waals surface area (Å²) >= 11 is 13.4. The fourth-order valence-corrected chi connectivity index (χ4v) is 3.32. The first-order chi connectivity index (χ1) is 9.67. The molecule has 0 aromatic heterocycles. The fourth-order valence-electron chi connectivity index (χ4n) is 1.24. The minimum atomic E-state index is -2.55. The highest BCUT2D eigenvalue weighted by atomic mass is 79.9. The van der Waals surface area contributed by atoms with Crippen molar-refractivity contribution in [2.24, 2.45) is 0 Å². The zero-order chi connectivity index (χ0) is 15.2. The van der Waals surface area contributed by atoms with E-state index in [2.05, 4.69) is 63.7 Å². The second-order valence-corrected chi connectivity index (χ2v) is 7.71. The molecule has 0 aromatic carbocycles. The SMILES string of the molecule is O=[PH](OC(=CCCBr)CCBr)OC(=CCCBr)CCBr. The van der Waals surface area contributed by atoms with E-state index < -0.39 is 8.25 Å². The van der Waals surface area contributed by atoms with Crippen LogP contribution in [0.4, 0.5) is 0 Å². The zero-order valence-electron chi connectivity index (χ0n) is 11.0. The molecule has 0 atom stereocenters. The molecule has 0 amide bonds. The number of hydrogen-bond acceptors (Lipinski definition) is 3. The van der Waals surface area contributed by atoms with Crippen molar-refractivity contribution in [2.45, 2.75) is 25.7 Å². The van der Waals surface area contributed by atoms with Gasteiger partial charge < -0.3 is 9.05 Å². The third-order valence-corrected chi connectivity index (χ3v) is 4.64. The molecule has 20 heavy (non-hydrogen) atoms. The smallest absolute Gasteiger partial charge is 0.418 e. The van der Waals surface area contributed by atoms with Crippen LogP contribution in [0.3, 0.4) is 0 Å². The molecule has 3 nitrogen and oxygen atoms in total. The summed E-state index contributed by atoms with van der Waals surface area (Å²) < 4.78 is 22.8. The lowest BCUT2D eigenvalue weighted by Crippen LogP contribution is -1.92. The molecule has 0 aliphatic carbocycles. The third-order valence-electron chi connectivity index (χ3n) is 2.07. The Kier molecular flexibility index (Phi) is 16.1. The summed E-state index contributed by atoms with van der Waals surface area (Å²) in [6.45, 7) is 0. The van der Waals surface area contributed by atoms with E-state index in [4.69, 9.17) is 9.05 Å². The van der Waals surface area contributed by atoms with Crippen LogP contribution in [-0.2, 0) is 13.6 Å². The molecule has 0 saturated carbocycles. The van der Waals surface area contributed by atoms with E-state index in [9.17, 15) is 4.57 Å². The van der Waals surface area contributed by atoms with E-state index in [1.165, 1.54) is 0 Å². The largest absolute Gasteiger partial charge is 0.423 e. The van der Waals surface area contributed by atoms with Gasteiger partial charge in [-0.3, -0.25) is 0 Å². The average molecular weight is 562 g/mol. The third kappa shape index (κ3) is 11.8. The molecule has 0 spiro atoms. The first kappa shape index (κ1) is 21.2. The van der Waals surface area contributed by atoms with Crippen molar-refractivity contribution in [1.82, 2.24) is 0 Å². The van der Waals surface area contributed by atoms with Crippen molar-refractivity contribution >= 4 is 72.0 Å². The molecule has 118 valence electrons. The van der Waals surface area contributed by atoms with Gasteiger partial charge in [-0.2, -0.15) is 0 Å². The van der Waals surface area contributed by atoms with Crippen LogP contribution in [0.1, 0.15) is 25.7 Å². The highest BCUT2D eigenvalue weighted by Gasteiger charge is 2.08. The number of rotatable bonds is 12. The molecule has 8 heteroatoms. The molecule has 0 heterocycles. The van der Waals surface area contributed by atoms with Gasteiger partial charge in [-0.15, -0.1) is 0 Å². The standard InChI is InChI=1S/C12H19Br4O3P/c13-7-1-3-11(5-9-15)18-20(17)19-12(6-10-16)4-2-8-14/h3-4,20H,1-2,5-10H2. The van der Waals surface area contributed by atoms with E-state index in [1.54, 1.807) is 0 Å². The maximum Gasteiger partial charge on any atom is 0.418 e. The zero-order valence-corrected chi connectivity index (χ0v) is 18.4. The molecule has 0 aromatic rings. The lowest BCUT2D eigenvalue weighted by molar-refractivity contribution is 0.304. The van der Waals surface area contributed by atoms with Gasteiger partial charge in [-0.1, -0.05) is 63.7 Å². The Morgan fingerprint density at radius 1 is 0.800 bits per heavy atom. The van der Waals surface area contributed by atoms with Gasteiger partial charge in [0.1, 0.15) is 11.5 Å². The van der Waals surface area contributed by atoms with Gasteiger partial charge in [0.15, 0.2) is 0 Å². The average Bonchev–Trinajstić information content (AvgIpc) is 2.42. The topological polar surface area (TPSA) is 35.5 Å². The van der Waals surface area contributed by atoms with Gasteiger partial charge >= 0.3 is 8.25 Å². The first-order valence-corrected chi connectivity index (χ1v) is 11.9. The quantitative estimate of drug-likeness (QED) is 0.159. The Labute approximate surface area is 155 Å². The second kappa shape index (κ2) is 15.1. The van der Waals surface area contributed by atoms with Gasteiger partial charge in [0.2, 0.25) is 0 Å². The molecule has 0 N–H and O–H groups in total. The van der Waals surface area contributed by atoms with Crippen LogP contribution >= 0.6 is 72.0 Å². The van der Waals surface area contributed by atoms with Crippen molar-refractivity contribution in [1.29, 1.82) is 0 Å². The van der Waals surface area contributed by atoms with Crippen LogP contribution in [-0.4, -0.2) is 21.3 Å². The molecule has 0 aliphatic rings. The number of hydrogen-bond donors (Lipinski definition) is 0. The van der Waals surface area contributed by atoms with E-state index in [-0.39, 0.29) is 0 Å². The lowest BCUT2D eigenvalue weighted by Gasteiger charge is -2.12. The normalized spacial score (nSPS) is 14.2. The van der Waals surface area contributed by atoms with Crippen LogP contribution in [0.15, 0.2) is 23.7 Å². The molecule has 0 unspecified atom stereocenters. The second-order valence-electron chi connectivity index (χ2n) is 3.63. The Balaban J connectivity index is 4.47. The van der Waals surface area contributed by atoms with Gasteiger partial charge in [-0.25, -0.2) is 4.57 Å². The van der Waals surface area contributed by atoms with E-state index in [0.29, 0.717) is 24.4 Å². The lowest BCUT2D eigenvalue weighted by atomic mass is 10.3. The summed E-state index contributed by atoms with van der Waals surface area (Å²) in [6, 6.07) is 0. The predicted molar refractivity (Wildman–Crippen MR) is 101 cm³/mol. The summed E-state index contributed by atoms with van der Waals surface area (Å²) in [5.41, 5.74) is 0. The highest BCUT2D eigenvalue weighted by Crippen LogP contribution is 2.33. The van der Waals surface area contributed by atoms with Gasteiger partial charge in [0.25, 0.3) is 0 Å². The van der Waals surface area contributed by atoms with Crippen LogP contribution in [0.25, 0.3) is 0 Å². The molecule has 0 aliphatic heterocycles. The van der Waals surface area contributed by atoms with Crippen LogP contribution in [0.5, 0.6) is 0 Å². The maximum absolute atomic E-state index is 11.9. The van der Waals surface area contributed by atoms with Crippen molar-refractivity contribution in [2.75, 3.05) is 21.3 Å². The van der Waals surface area contributed by atoms with Crippen molar-refractivity contribution < 1.29 is 13.6 Å². The highest BCUT2D eigenvalue weighted by molar-refractivity contribution is 9.09. The van der Waals surface area contributed by atoms with Crippen molar-refractivity contribution in [3.8, 4) is 0 Å². The Bertz CT molecular complexity index is 305. The Hall–Kier alpha value is 1.23. The van der Waals surface area contributed by atoms with Gasteiger partial charge in [-0.05, 0) is 25.0 Å². The van der Waals surface area contributed by atoms with Crippen LogP contribution < -0.4 is 0 Å². The number of allylic oxidation sites excluding steroid dienone is 4. The van der Waals surface area contributed by atoms with E-state index in [1.807, 2.05) is 12.2 Å². The van der Waals surface area contributed by atoms with E-state index >= 15 is 0 Å². The minimum absolute atomic E-state index is 0.700. The first-order valence-electron chi connectivity index (χ1n) is 6.19. The molecular formula is C12H19Br4O3P. The summed E-state index contributed by atoms with van der Waals surface area (Å²) in [4.78, 5) is 0. The molecular weight excluding hydrogens is 543 g/mol. The van der Waals surface area contributed by atoms with Crippen LogP contribution in [0, 0.1) is 0 Å². The van der Waals surface area contributed by atoms with Gasteiger partial charge in [0.05, 0.1) is 0 Å². The molecule has 0 radical (unpaired) electrons. The Morgan fingerprint density at radius 2 is 1.20 bits per heavy atom. The predicted octanol–water partition coefficient (Wildman–Crippen LogP) is 6.32. The van der Waals surface area contributed by atoms with E-state index in [0.717, 1.165) is 34.2 Å². The fraction of sp³-hybridized carbons (Fsp3) is 0.667. The summed E-state index contributed by atoms with van der Waals surface area (Å²) in [5, 5.41) is 3.24. The number of halogens is 4. The summed E-state index contributed by atoms with van der Waals surface area (Å²) in [5.74, 6) is 1.42. The molecule has 0 saturated heterocycles. The Morgan fingerprint density at radius 3 is 1.50 bits per heavy atom. The molecule has 0 bridgehead atoms. The maximum atomic E-state index is 11.9. The monoisotopic (exact) mass is 558 g/mol.